The van der Waals surface area contributed by atoms with E-state index in [2.05, 4.69) is 9.97 Å². The number of hydrogen-bond donors (Lipinski definition) is 0. The molecule has 1 amide bonds. The predicted octanol–water partition coefficient (Wildman–Crippen LogP) is 2.39. The Morgan fingerprint density at radius 3 is 3.00 bits per heavy atom. The van der Waals surface area contributed by atoms with Gasteiger partial charge >= 0.3 is 6.01 Å². The number of aromatic nitrogens is 2. The third kappa shape index (κ3) is 3.39. The fraction of sp³-hybridized carbons (Fsp3) is 0.500. The zero-order valence-corrected chi connectivity index (χ0v) is 15.4. The third-order valence-electron chi connectivity index (χ3n) is 4.63. The number of rotatable bonds is 5. The van der Waals surface area contributed by atoms with E-state index in [-0.39, 0.29) is 17.6 Å². The lowest BCUT2D eigenvalue weighted by Gasteiger charge is -2.52. The molecule has 1 unspecified atom stereocenters. The van der Waals surface area contributed by atoms with E-state index in [0.29, 0.717) is 42.9 Å². The molecule has 0 aromatic carbocycles. The predicted molar refractivity (Wildman–Crippen MR) is 95.8 cm³/mol. The van der Waals surface area contributed by atoms with Gasteiger partial charge in [-0.1, -0.05) is 0 Å². The molecule has 1 spiro atoms. The number of hydrogen-bond acceptors (Lipinski definition) is 7. The topological polar surface area (TPSA) is 73.8 Å². The van der Waals surface area contributed by atoms with Gasteiger partial charge in [0.15, 0.2) is 0 Å². The van der Waals surface area contributed by atoms with E-state index in [1.165, 1.54) is 11.3 Å². The molecular formula is C18H21N3O4S. The van der Waals surface area contributed by atoms with Crippen LogP contribution in [0.3, 0.4) is 0 Å². The maximum Gasteiger partial charge on any atom is 0.316 e. The quantitative estimate of drug-likeness (QED) is 0.799. The molecule has 7 nitrogen and oxygen atoms in total. The smallest absolute Gasteiger partial charge is 0.316 e. The summed E-state index contributed by atoms with van der Waals surface area (Å²) in [5.74, 6) is 0.669. The monoisotopic (exact) mass is 375 g/mol. The minimum absolute atomic E-state index is 0.00382. The lowest BCUT2D eigenvalue weighted by Crippen LogP contribution is -2.67. The molecule has 2 aromatic rings. The van der Waals surface area contributed by atoms with Crippen molar-refractivity contribution >= 4 is 17.2 Å². The third-order valence-corrected chi connectivity index (χ3v) is 5.51. The summed E-state index contributed by atoms with van der Waals surface area (Å²) in [4.78, 5) is 23.4. The maximum absolute atomic E-state index is 12.7. The van der Waals surface area contributed by atoms with Crippen LogP contribution in [-0.2, 0) is 4.74 Å². The van der Waals surface area contributed by atoms with Gasteiger partial charge in [0.1, 0.15) is 22.3 Å². The summed E-state index contributed by atoms with van der Waals surface area (Å²) < 4.78 is 17.4. The standard InChI is InChI=1S/C18H21N3O4S/c1-2-23-14-5-9-26-15(14)16(22)21-11-18(12-21)10-13(4-8-24-18)25-17-19-6-3-7-20-17/h3,5-7,9,13H,2,4,8,10-12H2,1H3. The molecule has 2 aliphatic rings. The maximum atomic E-state index is 12.7. The van der Waals surface area contributed by atoms with Crippen molar-refractivity contribution in [2.75, 3.05) is 26.3 Å². The van der Waals surface area contributed by atoms with Crippen LogP contribution in [0.15, 0.2) is 29.9 Å². The Bertz CT molecular complexity index is 761. The Labute approximate surface area is 155 Å². The molecule has 2 aliphatic heterocycles. The van der Waals surface area contributed by atoms with Crippen molar-refractivity contribution in [2.45, 2.75) is 31.5 Å². The van der Waals surface area contributed by atoms with Crippen LogP contribution in [0.1, 0.15) is 29.4 Å². The lowest BCUT2D eigenvalue weighted by atomic mass is 9.84. The molecule has 26 heavy (non-hydrogen) atoms. The number of nitrogens with zero attached hydrogens (tertiary/aromatic N) is 3. The van der Waals surface area contributed by atoms with Crippen molar-refractivity contribution < 1.29 is 19.0 Å². The van der Waals surface area contributed by atoms with Crippen LogP contribution in [0.5, 0.6) is 11.8 Å². The molecule has 4 heterocycles. The molecule has 0 aliphatic carbocycles. The van der Waals surface area contributed by atoms with Crippen LogP contribution in [0.4, 0.5) is 0 Å². The van der Waals surface area contributed by atoms with Crippen LogP contribution in [0.2, 0.25) is 0 Å². The lowest BCUT2D eigenvalue weighted by molar-refractivity contribution is -0.174. The highest BCUT2D eigenvalue weighted by molar-refractivity contribution is 7.12. The van der Waals surface area contributed by atoms with Gasteiger partial charge in [0.25, 0.3) is 5.91 Å². The molecule has 138 valence electrons. The highest BCUT2D eigenvalue weighted by Gasteiger charge is 2.50. The first-order valence-electron chi connectivity index (χ1n) is 8.76. The molecule has 2 fully saturated rings. The van der Waals surface area contributed by atoms with Gasteiger partial charge in [0.2, 0.25) is 0 Å². The van der Waals surface area contributed by atoms with Crippen LogP contribution in [0, 0.1) is 0 Å². The van der Waals surface area contributed by atoms with Gasteiger partial charge in [-0.3, -0.25) is 4.79 Å². The number of ether oxygens (including phenoxy) is 3. The van der Waals surface area contributed by atoms with E-state index in [1.54, 1.807) is 18.5 Å². The van der Waals surface area contributed by atoms with Crippen LogP contribution in [-0.4, -0.2) is 58.8 Å². The fourth-order valence-electron chi connectivity index (χ4n) is 3.46. The Kier molecular flexibility index (Phi) is 4.78. The first-order valence-corrected chi connectivity index (χ1v) is 9.64. The molecule has 0 N–H and O–H groups in total. The first-order chi connectivity index (χ1) is 12.7. The van der Waals surface area contributed by atoms with E-state index >= 15 is 0 Å². The molecule has 2 saturated heterocycles. The minimum atomic E-state index is -0.323. The van der Waals surface area contributed by atoms with Gasteiger partial charge in [-0.05, 0) is 24.4 Å². The average molecular weight is 375 g/mol. The normalized spacial score (nSPS) is 21.3. The number of likely N-dealkylation sites (tertiary alicyclic amines) is 1. The van der Waals surface area contributed by atoms with Crippen LogP contribution in [0.25, 0.3) is 0 Å². The number of carbonyl (C=O) groups is 1. The molecule has 4 rings (SSSR count). The second-order valence-electron chi connectivity index (χ2n) is 6.50. The van der Waals surface area contributed by atoms with Crippen molar-refractivity contribution in [3.05, 3.63) is 34.8 Å². The molecule has 0 radical (unpaired) electrons. The van der Waals surface area contributed by atoms with Crippen LogP contribution >= 0.6 is 11.3 Å². The summed E-state index contributed by atoms with van der Waals surface area (Å²) in [5.41, 5.74) is -0.323. The molecule has 2 aromatic heterocycles. The zero-order chi connectivity index (χ0) is 18.0. The van der Waals surface area contributed by atoms with E-state index in [9.17, 15) is 4.79 Å². The van der Waals surface area contributed by atoms with Gasteiger partial charge in [0, 0.05) is 25.2 Å². The Morgan fingerprint density at radius 1 is 1.42 bits per heavy atom. The van der Waals surface area contributed by atoms with E-state index in [0.717, 1.165) is 12.8 Å². The van der Waals surface area contributed by atoms with E-state index < -0.39 is 0 Å². The molecule has 1 atom stereocenters. The second-order valence-corrected chi connectivity index (χ2v) is 7.42. The fourth-order valence-corrected chi connectivity index (χ4v) is 4.26. The Balaban J connectivity index is 1.36. The van der Waals surface area contributed by atoms with E-state index in [4.69, 9.17) is 14.2 Å². The Hall–Kier alpha value is -2.19. The first kappa shape index (κ1) is 17.2. The van der Waals surface area contributed by atoms with Gasteiger partial charge in [-0.25, -0.2) is 9.97 Å². The van der Waals surface area contributed by atoms with Crippen LogP contribution < -0.4 is 9.47 Å². The Morgan fingerprint density at radius 2 is 2.23 bits per heavy atom. The van der Waals surface area contributed by atoms with E-state index in [1.807, 2.05) is 23.3 Å². The molecule has 8 heteroatoms. The SMILES string of the molecule is CCOc1ccsc1C(=O)N1CC2(CC(Oc3ncccn3)CCO2)C1. The van der Waals surface area contributed by atoms with Gasteiger partial charge in [-0.2, -0.15) is 0 Å². The van der Waals surface area contributed by atoms with Crippen molar-refractivity contribution in [2.24, 2.45) is 0 Å². The number of carbonyl (C=O) groups excluding carboxylic acids is 1. The molecule has 0 bridgehead atoms. The highest BCUT2D eigenvalue weighted by Crippen LogP contribution is 2.37. The summed E-state index contributed by atoms with van der Waals surface area (Å²) in [5, 5.41) is 1.88. The summed E-state index contributed by atoms with van der Waals surface area (Å²) in [6.45, 7) is 4.22. The highest BCUT2D eigenvalue weighted by atomic mass is 32.1. The molecule has 0 saturated carbocycles. The molecular weight excluding hydrogens is 354 g/mol. The van der Waals surface area contributed by atoms with Crippen molar-refractivity contribution in [3.8, 4) is 11.8 Å². The second kappa shape index (κ2) is 7.20. The summed E-state index contributed by atoms with van der Waals surface area (Å²) >= 11 is 1.41. The zero-order valence-electron chi connectivity index (χ0n) is 14.6. The largest absolute Gasteiger partial charge is 0.492 e. The van der Waals surface area contributed by atoms with Gasteiger partial charge < -0.3 is 19.1 Å². The number of amides is 1. The minimum Gasteiger partial charge on any atom is -0.492 e. The van der Waals surface area contributed by atoms with Crippen molar-refractivity contribution in [3.63, 3.8) is 0 Å². The number of thiophene rings is 1. The summed E-state index contributed by atoms with van der Waals surface area (Å²) in [7, 11) is 0. The van der Waals surface area contributed by atoms with Crippen molar-refractivity contribution in [1.82, 2.24) is 14.9 Å². The van der Waals surface area contributed by atoms with Gasteiger partial charge in [-0.15, -0.1) is 11.3 Å². The summed E-state index contributed by atoms with van der Waals surface area (Å²) in [6.07, 6.45) is 4.87. The van der Waals surface area contributed by atoms with Crippen molar-refractivity contribution in [1.29, 1.82) is 0 Å². The average Bonchev–Trinajstić information content (AvgIpc) is 3.09. The summed E-state index contributed by atoms with van der Waals surface area (Å²) in [6, 6.07) is 3.99. The van der Waals surface area contributed by atoms with Gasteiger partial charge in [0.05, 0.1) is 26.3 Å².